The Labute approximate surface area is 128 Å². The molecule has 21 heavy (non-hydrogen) atoms. The third-order valence-electron chi connectivity index (χ3n) is 3.01. The van der Waals surface area contributed by atoms with Gasteiger partial charge in [0.1, 0.15) is 11.4 Å². The van der Waals surface area contributed by atoms with Crippen LogP contribution in [0.15, 0.2) is 24.3 Å². The van der Waals surface area contributed by atoms with Gasteiger partial charge in [-0.05, 0) is 19.1 Å². The van der Waals surface area contributed by atoms with Gasteiger partial charge in [-0.3, -0.25) is 4.98 Å². The zero-order valence-electron chi connectivity index (χ0n) is 12.1. The highest BCUT2D eigenvalue weighted by Crippen LogP contribution is 2.36. The molecule has 2 N–H and O–H groups in total. The second-order valence-electron chi connectivity index (χ2n) is 4.46. The van der Waals surface area contributed by atoms with E-state index in [4.69, 9.17) is 21.1 Å². The van der Waals surface area contributed by atoms with Crippen LogP contribution < -0.4 is 14.8 Å². The highest BCUT2D eigenvalue weighted by molar-refractivity contribution is 6.33. The molecular formula is C15H17ClN2O3. The number of nitrogens with one attached hydrogen (secondary N) is 1. The van der Waals surface area contributed by atoms with Crippen molar-refractivity contribution in [1.29, 1.82) is 0 Å². The van der Waals surface area contributed by atoms with Gasteiger partial charge in [-0.25, -0.2) is 0 Å². The lowest BCUT2D eigenvalue weighted by Crippen LogP contribution is -2.04. The number of ether oxygens (including phenoxy) is 2. The van der Waals surface area contributed by atoms with Crippen molar-refractivity contribution in [2.45, 2.75) is 13.5 Å². The molecule has 1 heterocycles. The van der Waals surface area contributed by atoms with Crippen LogP contribution >= 0.6 is 11.6 Å². The van der Waals surface area contributed by atoms with Crippen molar-refractivity contribution in [3.63, 3.8) is 0 Å². The van der Waals surface area contributed by atoms with Gasteiger partial charge in [-0.15, -0.1) is 0 Å². The zero-order valence-corrected chi connectivity index (χ0v) is 12.9. The van der Waals surface area contributed by atoms with Gasteiger partial charge >= 0.3 is 0 Å². The van der Waals surface area contributed by atoms with Crippen LogP contribution in [0.1, 0.15) is 11.4 Å². The summed E-state index contributed by atoms with van der Waals surface area (Å²) in [7, 11) is 3.11. The number of anilines is 1. The molecular weight excluding hydrogens is 292 g/mol. The molecule has 0 spiro atoms. The Morgan fingerprint density at radius 2 is 1.86 bits per heavy atom. The maximum absolute atomic E-state index is 9.79. The molecule has 1 aromatic carbocycles. The van der Waals surface area contributed by atoms with Gasteiger partial charge in [-0.2, -0.15) is 0 Å². The first-order valence-electron chi connectivity index (χ1n) is 6.36. The first-order chi connectivity index (χ1) is 10.0. The van der Waals surface area contributed by atoms with Crippen LogP contribution in [-0.2, 0) is 6.54 Å². The number of hydrogen-bond acceptors (Lipinski definition) is 5. The summed E-state index contributed by atoms with van der Waals surface area (Å²) in [6.07, 6.45) is 0. The van der Waals surface area contributed by atoms with E-state index >= 15 is 0 Å². The number of aryl methyl sites for hydroxylation is 1. The van der Waals surface area contributed by atoms with Crippen molar-refractivity contribution in [2.75, 3.05) is 19.5 Å². The van der Waals surface area contributed by atoms with E-state index in [1.54, 1.807) is 38.5 Å². The Balaban J connectivity index is 2.21. The average molecular weight is 309 g/mol. The molecule has 0 amide bonds. The fourth-order valence-electron chi connectivity index (χ4n) is 1.90. The van der Waals surface area contributed by atoms with Crippen molar-refractivity contribution in [1.82, 2.24) is 4.98 Å². The topological polar surface area (TPSA) is 63.6 Å². The molecule has 0 aliphatic heterocycles. The predicted octanol–water partition coefficient (Wildman–Crippen LogP) is 3.38. The van der Waals surface area contributed by atoms with Gasteiger partial charge < -0.3 is 19.9 Å². The van der Waals surface area contributed by atoms with Gasteiger partial charge in [0, 0.05) is 17.8 Å². The van der Waals surface area contributed by atoms with Crippen molar-refractivity contribution in [3.05, 3.63) is 40.7 Å². The molecule has 0 aliphatic carbocycles. The van der Waals surface area contributed by atoms with Crippen molar-refractivity contribution in [3.8, 4) is 17.2 Å². The first kappa shape index (κ1) is 15.3. The number of nitrogens with zero attached hydrogens (tertiary/aromatic N) is 1. The van der Waals surface area contributed by atoms with Crippen LogP contribution in [0.3, 0.4) is 0 Å². The summed E-state index contributed by atoms with van der Waals surface area (Å²) in [6.45, 7) is 2.22. The highest BCUT2D eigenvalue weighted by atomic mass is 35.5. The van der Waals surface area contributed by atoms with Crippen LogP contribution in [0.25, 0.3) is 0 Å². The summed E-state index contributed by atoms with van der Waals surface area (Å²) in [5.74, 6) is 1.28. The summed E-state index contributed by atoms with van der Waals surface area (Å²) in [5, 5.41) is 13.4. The predicted molar refractivity (Wildman–Crippen MR) is 82.5 cm³/mol. The van der Waals surface area contributed by atoms with E-state index in [0.717, 1.165) is 5.69 Å². The molecule has 0 atom stereocenters. The number of pyridine rings is 1. The molecule has 2 aromatic rings. The summed E-state index contributed by atoms with van der Waals surface area (Å²) >= 11 is 6.19. The van der Waals surface area contributed by atoms with Crippen LogP contribution in [0.2, 0.25) is 5.02 Å². The van der Waals surface area contributed by atoms with Gasteiger partial charge in [0.2, 0.25) is 0 Å². The minimum atomic E-state index is 0.143. The van der Waals surface area contributed by atoms with E-state index in [2.05, 4.69) is 10.3 Å². The summed E-state index contributed by atoms with van der Waals surface area (Å²) in [5.41, 5.74) is 2.07. The molecule has 0 radical (unpaired) electrons. The number of aromatic hydroxyl groups is 1. The number of aromatic nitrogens is 1. The molecule has 112 valence electrons. The molecule has 0 unspecified atom stereocenters. The van der Waals surface area contributed by atoms with Crippen molar-refractivity contribution < 1.29 is 14.6 Å². The van der Waals surface area contributed by atoms with E-state index in [9.17, 15) is 5.11 Å². The highest BCUT2D eigenvalue weighted by Gasteiger charge is 2.11. The first-order valence-corrected chi connectivity index (χ1v) is 6.74. The number of halogens is 1. The molecule has 0 bridgehead atoms. The fraction of sp³-hybridized carbons (Fsp3) is 0.267. The van der Waals surface area contributed by atoms with Crippen molar-refractivity contribution >= 4 is 17.3 Å². The number of benzene rings is 1. The summed E-state index contributed by atoms with van der Waals surface area (Å²) in [6, 6.07) is 6.79. The van der Waals surface area contributed by atoms with Crippen LogP contribution in [0, 0.1) is 6.92 Å². The second kappa shape index (κ2) is 6.54. The number of hydrogen-bond donors (Lipinski definition) is 2. The molecule has 0 fully saturated rings. The van der Waals surface area contributed by atoms with Crippen LogP contribution in [0.4, 0.5) is 5.69 Å². The average Bonchev–Trinajstić information content (AvgIpc) is 2.48. The lowest BCUT2D eigenvalue weighted by atomic mass is 10.2. The van der Waals surface area contributed by atoms with E-state index in [1.807, 2.05) is 6.92 Å². The van der Waals surface area contributed by atoms with Gasteiger partial charge in [0.05, 0.1) is 31.5 Å². The summed E-state index contributed by atoms with van der Waals surface area (Å²) in [4.78, 5) is 4.28. The SMILES string of the molecule is COc1cc(Cl)c(NCc2nc(C)ccc2O)cc1OC. The molecule has 0 saturated carbocycles. The Hall–Kier alpha value is -2.14. The van der Waals surface area contributed by atoms with Crippen LogP contribution in [0.5, 0.6) is 17.2 Å². The normalized spacial score (nSPS) is 10.3. The Morgan fingerprint density at radius 3 is 2.52 bits per heavy atom. The van der Waals surface area contributed by atoms with E-state index in [1.165, 1.54) is 0 Å². The fourth-order valence-corrected chi connectivity index (χ4v) is 2.12. The minimum Gasteiger partial charge on any atom is -0.506 e. The lowest BCUT2D eigenvalue weighted by Gasteiger charge is -2.13. The maximum Gasteiger partial charge on any atom is 0.162 e. The monoisotopic (exact) mass is 308 g/mol. The van der Waals surface area contributed by atoms with Gasteiger partial charge in [-0.1, -0.05) is 11.6 Å². The largest absolute Gasteiger partial charge is 0.506 e. The van der Waals surface area contributed by atoms with E-state index in [-0.39, 0.29) is 5.75 Å². The summed E-state index contributed by atoms with van der Waals surface area (Å²) < 4.78 is 10.4. The third kappa shape index (κ3) is 3.49. The smallest absolute Gasteiger partial charge is 0.162 e. The third-order valence-corrected chi connectivity index (χ3v) is 3.32. The molecule has 0 aliphatic rings. The van der Waals surface area contributed by atoms with Crippen LogP contribution in [-0.4, -0.2) is 24.3 Å². The number of rotatable bonds is 5. The molecule has 6 heteroatoms. The molecule has 0 saturated heterocycles. The van der Waals surface area contributed by atoms with Crippen molar-refractivity contribution in [2.24, 2.45) is 0 Å². The number of methoxy groups -OCH3 is 2. The molecule has 5 nitrogen and oxygen atoms in total. The Bertz CT molecular complexity index is 647. The maximum atomic E-state index is 9.79. The van der Waals surface area contributed by atoms with Gasteiger partial charge in [0.25, 0.3) is 0 Å². The molecule has 2 rings (SSSR count). The van der Waals surface area contributed by atoms with E-state index < -0.39 is 0 Å². The molecule has 1 aromatic heterocycles. The Kier molecular flexibility index (Phi) is 4.75. The zero-order chi connectivity index (χ0) is 15.4. The quantitative estimate of drug-likeness (QED) is 0.886. The van der Waals surface area contributed by atoms with Gasteiger partial charge in [0.15, 0.2) is 11.5 Å². The Morgan fingerprint density at radius 1 is 1.19 bits per heavy atom. The second-order valence-corrected chi connectivity index (χ2v) is 4.87. The minimum absolute atomic E-state index is 0.143. The standard InChI is InChI=1S/C15H17ClN2O3/c1-9-4-5-13(19)12(18-9)8-17-11-7-15(21-3)14(20-2)6-10(11)16/h4-7,17,19H,8H2,1-3H3. The lowest BCUT2D eigenvalue weighted by molar-refractivity contribution is 0.355. The van der Waals surface area contributed by atoms with E-state index in [0.29, 0.717) is 34.4 Å².